The smallest absolute Gasteiger partial charge is 0.262 e. The molecule has 1 unspecified atom stereocenters. The highest BCUT2D eigenvalue weighted by Crippen LogP contribution is 2.30. The molecule has 0 radical (unpaired) electrons. The highest BCUT2D eigenvalue weighted by atomic mass is 32.1. The molecule has 0 aromatic carbocycles. The third-order valence-corrected chi connectivity index (χ3v) is 4.73. The molecule has 106 valence electrons. The number of amides is 1. The number of hydrogen-bond donors (Lipinski definition) is 2. The first-order chi connectivity index (χ1) is 9.78. The summed E-state index contributed by atoms with van der Waals surface area (Å²) < 4.78 is 0. The Kier molecular flexibility index (Phi) is 4.06. The van der Waals surface area contributed by atoms with E-state index in [1.54, 1.807) is 0 Å². The number of rotatable bonds is 3. The number of likely N-dealkylation sites (tertiary alicyclic amines) is 1. The van der Waals surface area contributed by atoms with Gasteiger partial charge in [0, 0.05) is 30.7 Å². The van der Waals surface area contributed by atoms with Gasteiger partial charge in [0.05, 0.1) is 6.54 Å². The topological polar surface area (TPSA) is 58.4 Å². The van der Waals surface area contributed by atoms with Crippen molar-refractivity contribution < 1.29 is 4.79 Å². The summed E-state index contributed by atoms with van der Waals surface area (Å²) in [4.78, 5) is 15.5. The van der Waals surface area contributed by atoms with Crippen LogP contribution in [0.3, 0.4) is 0 Å². The normalized spacial score (nSPS) is 22.4. The fourth-order valence-electron chi connectivity index (χ4n) is 2.66. The number of carbonyl (C=O) groups is 1. The van der Waals surface area contributed by atoms with E-state index in [4.69, 9.17) is 5.73 Å². The van der Waals surface area contributed by atoms with E-state index >= 15 is 0 Å². The maximum absolute atomic E-state index is 12.3. The largest absolute Gasteiger partial charge is 0.347 e. The van der Waals surface area contributed by atoms with Crippen LogP contribution in [0.25, 0.3) is 0 Å². The van der Waals surface area contributed by atoms with E-state index in [2.05, 4.69) is 22.1 Å². The maximum Gasteiger partial charge on any atom is 0.262 e. The van der Waals surface area contributed by atoms with E-state index < -0.39 is 0 Å². The van der Waals surface area contributed by atoms with Gasteiger partial charge in [0.15, 0.2) is 0 Å². The number of thiophene rings is 1. The number of nitrogens with two attached hydrogens (primary N) is 1. The zero-order valence-electron chi connectivity index (χ0n) is 11.4. The molecule has 1 saturated carbocycles. The minimum absolute atomic E-state index is 0.00367. The SMILES string of the molecule is NCC#Cc1ccsc1C(=O)NC1CCN(C2CC2)C1. The van der Waals surface area contributed by atoms with Crippen molar-refractivity contribution in [1.82, 2.24) is 10.2 Å². The van der Waals surface area contributed by atoms with Crippen molar-refractivity contribution in [1.29, 1.82) is 0 Å². The summed E-state index contributed by atoms with van der Waals surface area (Å²) in [5.74, 6) is 5.77. The quantitative estimate of drug-likeness (QED) is 0.817. The van der Waals surface area contributed by atoms with Crippen LogP contribution in [-0.4, -0.2) is 42.5 Å². The van der Waals surface area contributed by atoms with Crippen molar-refractivity contribution in [2.45, 2.75) is 31.3 Å². The van der Waals surface area contributed by atoms with Crippen molar-refractivity contribution in [2.24, 2.45) is 5.73 Å². The molecule has 0 spiro atoms. The van der Waals surface area contributed by atoms with Gasteiger partial charge in [-0.05, 0) is 30.7 Å². The molecule has 3 rings (SSSR count). The van der Waals surface area contributed by atoms with E-state index in [-0.39, 0.29) is 11.9 Å². The average Bonchev–Trinajstić information content (AvgIpc) is 3.01. The third-order valence-electron chi connectivity index (χ3n) is 3.81. The van der Waals surface area contributed by atoms with Gasteiger partial charge in [0.2, 0.25) is 0 Å². The number of nitrogens with zero attached hydrogens (tertiary/aromatic N) is 1. The molecule has 1 aromatic rings. The van der Waals surface area contributed by atoms with Crippen LogP contribution in [0.15, 0.2) is 11.4 Å². The molecular weight excluding hydrogens is 270 g/mol. The van der Waals surface area contributed by atoms with E-state index in [0.717, 1.165) is 31.1 Å². The first-order valence-electron chi connectivity index (χ1n) is 7.09. The molecule has 0 bridgehead atoms. The Morgan fingerprint density at radius 1 is 1.50 bits per heavy atom. The maximum atomic E-state index is 12.3. The van der Waals surface area contributed by atoms with Gasteiger partial charge in [-0.3, -0.25) is 9.69 Å². The van der Waals surface area contributed by atoms with Gasteiger partial charge in [-0.15, -0.1) is 11.3 Å². The van der Waals surface area contributed by atoms with E-state index in [1.807, 2.05) is 11.4 Å². The second-order valence-electron chi connectivity index (χ2n) is 5.35. The Morgan fingerprint density at radius 2 is 2.35 bits per heavy atom. The Morgan fingerprint density at radius 3 is 3.10 bits per heavy atom. The monoisotopic (exact) mass is 289 g/mol. The van der Waals surface area contributed by atoms with Crippen LogP contribution in [-0.2, 0) is 0 Å². The third kappa shape index (κ3) is 3.04. The molecular formula is C15H19N3OS. The van der Waals surface area contributed by atoms with Gasteiger partial charge in [-0.25, -0.2) is 0 Å². The summed E-state index contributed by atoms with van der Waals surface area (Å²) >= 11 is 1.44. The zero-order chi connectivity index (χ0) is 13.9. The predicted octanol–water partition coefficient (Wildman–Crippen LogP) is 1.02. The first kappa shape index (κ1) is 13.6. The summed E-state index contributed by atoms with van der Waals surface area (Å²) in [5, 5.41) is 5.04. The van der Waals surface area contributed by atoms with Crippen molar-refractivity contribution in [3.05, 3.63) is 21.9 Å². The Bertz CT molecular complexity index is 553. The molecule has 1 atom stereocenters. The van der Waals surface area contributed by atoms with Gasteiger partial charge in [-0.1, -0.05) is 11.8 Å². The van der Waals surface area contributed by atoms with Crippen LogP contribution in [0.1, 0.15) is 34.5 Å². The lowest BCUT2D eigenvalue weighted by Crippen LogP contribution is -2.37. The van der Waals surface area contributed by atoms with Gasteiger partial charge in [-0.2, -0.15) is 0 Å². The molecule has 3 N–H and O–H groups in total. The summed E-state index contributed by atoms with van der Waals surface area (Å²) in [7, 11) is 0. The zero-order valence-corrected chi connectivity index (χ0v) is 12.2. The number of hydrogen-bond acceptors (Lipinski definition) is 4. The molecule has 20 heavy (non-hydrogen) atoms. The summed E-state index contributed by atoms with van der Waals surface area (Å²) in [5.41, 5.74) is 6.16. The lowest BCUT2D eigenvalue weighted by Gasteiger charge is -2.15. The van der Waals surface area contributed by atoms with E-state index in [9.17, 15) is 4.79 Å². The van der Waals surface area contributed by atoms with Crippen molar-refractivity contribution in [3.8, 4) is 11.8 Å². The van der Waals surface area contributed by atoms with Gasteiger partial charge in [0.1, 0.15) is 4.88 Å². The Hall–Kier alpha value is -1.35. The Labute approximate surface area is 123 Å². The summed E-state index contributed by atoms with van der Waals surface area (Å²) in [6, 6.07) is 2.94. The average molecular weight is 289 g/mol. The predicted molar refractivity (Wildman–Crippen MR) is 80.7 cm³/mol. The first-order valence-corrected chi connectivity index (χ1v) is 7.97. The molecule has 4 nitrogen and oxygen atoms in total. The van der Waals surface area contributed by atoms with Crippen LogP contribution in [0, 0.1) is 11.8 Å². The molecule has 1 amide bonds. The molecule has 1 aliphatic heterocycles. The molecule has 1 aromatic heterocycles. The standard InChI is InChI=1S/C15H19N3OS/c16-7-1-2-11-6-9-20-14(11)15(19)17-12-5-8-18(10-12)13-3-4-13/h6,9,12-13H,3-5,7-8,10,16H2,(H,17,19). The fourth-order valence-corrected chi connectivity index (χ4v) is 3.41. The summed E-state index contributed by atoms with van der Waals surface area (Å²) in [6.07, 6.45) is 3.70. The highest BCUT2D eigenvalue weighted by molar-refractivity contribution is 7.12. The van der Waals surface area contributed by atoms with E-state index in [1.165, 1.54) is 24.2 Å². The van der Waals surface area contributed by atoms with E-state index in [0.29, 0.717) is 11.4 Å². The minimum Gasteiger partial charge on any atom is -0.347 e. The van der Waals surface area contributed by atoms with Gasteiger partial charge in [0.25, 0.3) is 5.91 Å². The highest BCUT2D eigenvalue weighted by Gasteiger charge is 2.35. The van der Waals surface area contributed by atoms with Gasteiger partial charge < -0.3 is 11.1 Å². The molecule has 2 aliphatic rings. The van der Waals surface area contributed by atoms with Crippen molar-refractivity contribution in [2.75, 3.05) is 19.6 Å². The summed E-state index contributed by atoms with van der Waals surface area (Å²) in [6.45, 7) is 2.42. The molecule has 2 heterocycles. The fraction of sp³-hybridized carbons (Fsp3) is 0.533. The van der Waals surface area contributed by atoms with Crippen LogP contribution in [0.2, 0.25) is 0 Å². The van der Waals surface area contributed by atoms with Crippen molar-refractivity contribution >= 4 is 17.2 Å². The number of nitrogens with one attached hydrogen (secondary N) is 1. The molecule has 1 saturated heterocycles. The van der Waals surface area contributed by atoms with Crippen LogP contribution < -0.4 is 11.1 Å². The Balaban J connectivity index is 1.60. The lowest BCUT2D eigenvalue weighted by molar-refractivity contribution is 0.0941. The molecule has 1 aliphatic carbocycles. The lowest BCUT2D eigenvalue weighted by atomic mass is 10.2. The second kappa shape index (κ2) is 5.96. The number of carbonyl (C=O) groups excluding carboxylic acids is 1. The van der Waals surface area contributed by atoms with Crippen LogP contribution >= 0.6 is 11.3 Å². The van der Waals surface area contributed by atoms with Crippen molar-refractivity contribution in [3.63, 3.8) is 0 Å². The van der Waals surface area contributed by atoms with Crippen LogP contribution in [0.5, 0.6) is 0 Å². The molecule has 2 fully saturated rings. The van der Waals surface area contributed by atoms with Crippen LogP contribution in [0.4, 0.5) is 0 Å². The minimum atomic E-state index is 0.00367. The molecule has 5 heteroatoms. The van der Waals surface area contributed by atoms with Gasteiger partial charge >= 0.3 is 0 Å². The second-order valence-corrected chi connectivity index (χ2v) is 6.27.